The Morgan fingerprint density at radius 2 is 1.92 bits per heavy atom. The van der Waals surface area contributed by atoms with Crippen LogP contribution in [0.15, 0.2) is 54.9 Å². The molecule has 2 heterocycles. The third-order valence-corrected chi connectivity index (χ3v) is 4.65. The van der Waals surface area contributed by atoms with E-state index in [1.54, 1.807) is 12.1 Å². The SMILES string of the molecule is O=C1NCCN(CCn2cnc3ccccc32)C1c1ccc(F)cc1. The number of piperazine rings is 1. The summed E-state index contributed by atoms with van der Waals surface area (Å²) in [6, 6.07) is 13.8. The fourth-order valence-electron chi connectivity index (χ4n) is 3.39. The molecule has 3 aromatic rings. The molecule has 1 unspecified atom stereocenters. The number of carbonyl (C=O) groups is 1. The molecule has 5 nitrogen and oxygen atoms in total. The van der Waals surface area contributed by atoms with Crippen molar-refractivity contribution in [3.05, 3.63) is 66.2 Å². The summed E-state index contributed by atoms with van der Waals surface area (Å²) in [7, 11) is 0. The second-order valence-corrected chi connectivity index (χ2v) is 6.21. The van der Waals surface area contributed by atoms with Gasteiger partial charge in [-0.05, 0) is 29.8 Å². The number of nitrogens with zero attached hydrogens (tertiary/aromatic N) is 3. The molecule has 2 aromatic carbocycles. The third kappa shape index (κ3) is 3.13. The molecule has 6 heteroatoms. The standard InChI is InChI=1S/C19H19FN4O/c20-15-7-5-14(6-8-15)18-19(25)21-9-10-23(18)11-12-24-13-22-16-3-1-2-4-17(16)24/h1-8,13,18H,9-12H2,(H,21,25). The van der Waals surface area contributed by atoms with Gasteiger partial charge in [-0.25, -0.2) is 9.37 Å². The molecular formula is C19H19FN4O. The van der Waals surface area contributed by atoms with Crippen LogP contribution in [0.4, 0.5) is 4.39 Å². The van der Waals surface area contributed by atoms with Crippen molar-refractivity contribution < 1.29 is 9.18 Å². The summed E-state index contributed by atoms with van der Waals surface area (Å²) in [6.45, 7) is 2.85. The minimum Gasteiger partial charge on any atom is -0.353 e. The normalized spacial score (nSPS) is 18.4. The number of amides is 1. The fraction of sp³-hybridized carbons (Fsp3) is 0.263. The Kier molecular flexibility index (Phi) is 4.19. The molecule has 0 bridgehead atoms. The second kappa shape index (κ2) is 6.64. The van der Waals surface area contributed by atoms with Gasteiger partial charge in [0.25, 0.3) is 0 Å². The van der Waals surface area contributed by atoms with Crippen LogP contribution in [0.1, 0.15) is 11.6 Å². The van der Waals surface area contributed by atoms with Gasteiger partial charge in [0.15, 0.2) is 0 Å². The molecule has 1 saturated heterocycles. The van der Waals surface area contributed by atoms with E-state index in [9.17, 15) is 9.18 Å². The summed E-state index contributed by atoms with van der Waals surface area (Å²) in [4.78, 5) is 18.9. The molecule has 25 heavy (non-hydrogen) atoms. The van der Waals surface area contributed by atoms with Gasteiger partial charge in [0.05, 0.1) is 17.4 Å². The largest absolute Gasteiger partial charge is 0.353 e. The van der Waals surface area contributed by atoms with Crippen LogP contribution in [0.25, 0.3) is 11.0 Å². The Labute approximate surface area is 145 Å². The summed E-state index contributed by atoms with van der Waals surface area (Å²) in [5.41, 5.74) is 2.87. The predicted octanol–water partition coefficient (Wildman–Crippen LogP) is 2.35. The summed E-state index contributed by atoms with van der Waals surface area (Å²) >= 11 is 0. The zero-order valence-corrected chi connectivity index (χ0v) is 13.7. The number of carbonyl (C=O) groups excluding carboxylic acids is 1. The zero-order valence-electron chi connectivity index (χ0n) is 13.7. The lowest BCUT2D eigenvalue weighted by molar-refractivity contribution is -0.129. The highest BCUT2D eigenvalue weighted by molar-refractivity contribution is 5.83. The van der Waals surface area contributed by atoms with E-state index in [-0.39, 0.29) is 17.8 Å². The first-order chi connectivity index (χ1) is 12.2. The van der Waals surface area contributed by atoms with Gasteiger partial charge in [-0.15, -0.1) is 0 Å². The maximum atomic E-state index is 13.2. The minimum absolute atomic E-state index is 0.0339. The van der Waals surface area contributed by atoms with E-state index in [1.807, 2.05) is 30.6 Å². The molecule has 128 valence electrons. The van der Waals surface area contributed by atoms with E-state index in [1.165, 1.54) is 12.1 Å². The monoisotopic (exact) mass is 338 g/mol. The number of hydrogen-bond acceptors (Lipinski definition) is 3. The van der Waals surface area contributed by atoms with Gasteiger partial charge in [-0.3, -0.25) is 9.69 Å². The average Bonchev–Trinajstić information content (AvgIpc) is 3.04. The van der Waals surface area contributed by atoms with Crippen molar-refractivity contribution >= 4 is 16.9 Å². The van der Waals surface area contributed by atoms with Gasteiger partial charge in [0.2, 0.25) is 5.91 Å². The van der Waals surface area contributed by atoms with Crippen molar-refractivity contribution in [2.24, 2.45) is 0 Å². The number of nitrogens with one attached hydrogen (secondary N) is 1. The highest BCUT2D eigenvalue weighted by atomic mass is 19.1. The van der Waals surface area contributed by atoms with E-state index < -0.39 is 0 Å². The Hall–Kier alpha value is -2.73. The van der Waals surface area contributed by atoms with Crippen molar-refractivity contribution in [2.45, 2.75) is 12.6 Å². The van der Waals surface area contributed by atoms with Crippen LogP contribution in [0.2, 0.25) is 0 Å². The molecule has 1 atom stereocenters. The maximum absolute atomic E-state index is 13.2. The number of benzene rings is 2. The highest BCUT2D eigenvalue weighted by Gasteiger charge is 2.30. The van der Waals surface area contributed by atoms with Crippen LogP contribution >= 0.6 is 0 Å². The maximum Gasteiger partial charge on any atom is 0.242 e. The Morgan fingerprint density at radius 3 is 2.76 bits per heavy atom. The molecule has 1 fully saturated rings. The summed E-state index contributed by atoms with van der Waals surface area (Å²) < 4.78 is 15.3. The second-order valence-electron chi connectivity index (χ2n) is 6.21. The molecule has 1 amide bonds. The quantitative estimate of drug-likeness (QED) is 0.794. The van der Waals surface area contributed by atoms with Crippen LogP contribution in [0.3, 0.4) is 0 Å². The van der Waals surface area contributed by atoms with Gasteiger partial charge in [-0.2, -0.15) is 0 Å². The van der Waals surface area contributed by atoms with E-state index in [4.69, 9.17) is 0 Å². The van der Waals surface area contributed by atoms with Crippen LogP contribution < -0.4 is 5.32 Å². The highest BCUT2D eigenvalue weighted by Crippen LogP contribution is 2.24. The van der Waals surface area contributed by atoms with E-state index >= 15 is 0 Å². The molecule has 1 aromatic heterocycles. The minimum atomic E-state index is -0.385. The van der Waals surface area contributed by atoms with Gasteiger partial charge in [0.1, 0.15) is 11.9 Å². The molecule has 1 aliphatic rings. The molecule has 1 N–H and O–H groups in total. The topological polar surface area (TPSA) is 50.2 Å². The van der Waals surface area contributed by atoms with Crippen molar-refractivity contribution in [3.8, 4) is 0 Å². The fourth-order valence-corrected chi connectivity index (χ4v) is 3.39. The number of fused-ring (bicyclic) bond motifs is 1. The molecule has 0 radical (unpaired) electrons. The molecule has 0 saturated carbocycles. The van der Waals surface area contributed by atoms with Gasteiger partial charge < -0.3 is 9.88 Å². The van der Waals surface area contributed by atoms with Gasteiger partial charge in [0, 0.05) is 26.2 Å². The number of aromatic nitrogens is 2. The molecular weight excluding hydrogens is 319 g/mol. The average molecular weight is 338 g/mol. The van der Waals surface area contributed by atoms with Crippen LogP contribution in [0.5, 0.6) is 0 Å². The third-order valence-electron chi connectivity index (χ3n) is 4.65. The Morgan fingerprint density at radius 1 is 1.12 bits per heavy atom. The summed E-state index contributed by atoms with van der Waals surface area (Å²) in [5, 5.41) is 2.90. The van der Waals surface area contributed by atoms with E-state index in [0.29, 0.717) is 6.54 Å². The number of rotatable bonds is 4. The smallest absolute Gasteiger partial charge is 0.242 e. The lowest BCUT2D eigenvalue weighted by Gasteiger charge is -2.35. The van der Waals surface area contributed by atoms with Crippen LogP contribution in [0, 0.1) is 5.82 Å². The Balaban J connectivity index is 1.55. The van der Waals surface area contributed by atoms with Crippen molar-refractivity contribution in [2.75, 3.05) is 19.6 Å². The van der Waals surface area contributed by atoms with Crippen molar-refractivity contribution in [1.29, 1.82) is 0 Å². The number of halogens is 1. The molecule has 1 aliphatic heterocycles. The van der Waals surface area contributed by atoms with Gasteiger partial charge >= 0.3 is 0 Å². The first-order valence-electron chi connectivity index (χ1n) is 8.39. The molecule has 0 spiro atoms. The summed E-state index contributed by atoms with van der Waals surface area (Å²) in [5.74, 6) is -0.329. The lowest BCUT2D eigenvalue weighted by atomic mass is 10.0. The predicted molar refractivity (Wildman–Crippen MR) is 93.5 cm³/mol. The summed E-state index contributed by atoms with van der Waals surface area (Å²) in [6.07, 6.45) is 1.83. The number of para-hydroxylation sites is 2. The Bertz CT molecular complexity index is 890. The molecule has 4 rings (SSSR count). The van der Waals surface area contributed by atoms with E-state index in [0.717, 1.165) is 36.2 Å². The van der Waals surface area contributed by atoms with Crippen LogP contribution in [-0.4, -0.2) is 40.0 Å². The van der Waals surface area contributed by atoms with Crippen molar-refractivity contribution in [1.82, 2.24) is 19.8 Å². The lowest BCUT2D eigenvalue weighted by Crippen LogP contribution is -2.50. The van der Waals surface area contributed by atoms with E-state index in [2.05, 4.69) is 19.8 Å². The first kappa shape index (κ1) is 15.8. The number of hydrogen-bond donors (Lipinski definition) is 1. The molecule has 0 aliphatic carbocycles. The van der Waals surface area contributed by atoms with Gasteiger partial charge in [-0.1, -0.05) is 24.3 Å². The van der Waals surface area contributed by atoms with Crippen LogP contribution in [-0.2, 0) is 11.3 Å². The first-order valence-corrected chi connectivity index (χ1v) is 8.39. The zero-order chi connectivity index (χ0) is 17.2. The van der Waals surface area contributed by atoms with Crippen molar-refractivity contribution in [3.63, 3.8) is 0 Å². The number of imidazole rings is 1.